The van der Waals surface area contributed by atoms with Crippen LogP contribution in [-0.2, 0) is 9.53 Å². The first kappa shape index (κ1) is 21.1. The van der Waals surface area contributed by atoms with E-state index >= 15 is 0 Å². The van der Waals surface area contributed by atoms with Crippen molar-refractivity contribution in [3.05, 3.63) is 63.1 Å². The number of nitrogens with one attached hydrogen (secondary N) is 1. The Morgan fingerprint density at radius 2 is 1.79 bits per heavy atom. The van der Waals surface area contributed by atoms with Crippen LogP contribution >= 0.6 is 23.2 Å². The lowest BCUT2D eigenvalue weighted by atomic mass is 10.1. The molecule has 152 valence electrons. The van der Waals surface area contributed by atoms with Crippen molar-refractivity contribution in [1.29, 1.82) is 0 Å². The number of carbonyl (C=O) groups is 3. The van der Waals surface area contributed by atoms with Gasteiger partial charge in [-0.3, -0.25) is 9.59 Å². The number of ether oxygens (including phenoxy) is 1. The van der Waals surface area contributed by atoms with Crippen molar-refractivity contribution in [2.75, 3.05) is 19.0 Å². The number of benzene rings is 2. The number of amides is 2. The van der Waals surface area contributed by atoms with E-state index < -0.39 is 12.0 Å². The molecule has 1 saturated heterocycles. The molecule has 1 heterocycles. The van der Waals surface area contributed by atoms with E-state index in [0.29, 0.717) is 41.2 Å². The monoisotopic (exact) mass is 434 g/mol. The molecule has 2 aromatic rings. The smallest absolute Gasteiger partial charge is 0.337 e. The lowest BCUT2D eigenvalue weighted by Crippen LogP contribution is -2.43. The predicted molar refractivity (Wildman–Crippen MR) is 112 cm³/mol. The molecule has 1 atom stereocenters. The third-order valence-electron chi connectivity index (χ3n) is 4.90. The number of nitrogens with zero attached hydrogens (tertiary/aromatic N) is 1. The van der Waals surface area contributed by atoms with Gasteiger partial charge in [-0.2, -0.15) is 0 Å². The highest BCUT2D eigenvalue weighted by Gasteiger charge is 2.35. The van der Waals surface area contributed by atoms with Crippen molar-refractivity contribution in [3.8, 4) is 0 Å². The summed E-state index contributed by atoms with van der Waals surface area (Å²) >= 11 is 11.9. The predicted octanol–water partition coefficient (Wildman–Crippen LogP) is 4.33. The van der Waals surface area contributed by atoms with Gasteiger partial charge in [-0.25, -0.2) is 4.79 Å². The second kappa shape index (κ2) is 8.84. The molecule has 1 aliphatic rings. The zero-order chi connectivity index (χ0) is 21.1. The molecule has 2 aromatic carbocycles. The topological polar surface area (TPSA) is 75.7 Å². The van der Waals surface area contributed by atoms with Crippen molar-refractivity contribution >= 4 is 46.7 Å². The molecule has 1 aliphatic heterocycles. The molecule has 3 rings (SSSR count). The fraction of sp³-hybridized carbons (Fsp3) is 0.286. The van der Waals surface area contributed by atoms with Gasteiger partial charge in [-0.05, 0) is 55.7 Å². The Balaban J connectivity index is 1.79. The van der Waals surface area contributed by atoms with E-state index in [9.17, 15) is 14.4 Å². The molecule has 0 saturated carbocycles. The van der Waals surface area contributed by atoms with Crippen molar-refractivity contribution in [2.24, 2.45) is 0 Å². The van der Waals surface area contributed by atoms with Crippen LogP contribution in [0, 0.1) is 6.92 Å². The molecule has 0 aliphatic carbocycles. The summed E-state index contributed by atoms with van der Waals surface area (Å²) < 4.78 is 4.73. The molecule has 1 N–H and O–H groups in total. The Morgan fingerprint density at radius 1 is 1.07 bits per heavy atom. The third-order valence-corrected chi connectivity index (χ3v) is 5.64. The van der Waals surface area contributed by atoms with Crippen LogP contribution in [0.3, 0.4) is 0 Å². The van der Waals surface area contributed by atoms with Gasteiger partial charge in [0.15, 0.2) is 0 Å². The Labute approximate surface area is 178 Å². The molecule has 2 amide bonds. The van der Waals surface area contributed by atoms with Crippen LogP contribution in [0.25, 0.3) is 0 Å². The Bertz CT molecular complexity index is 977. The SMILES string of the molecule is COC(=O)c1ccc(C)c(NC(=O)C2CCCN2C(=O)c2ccc(Cl)c(Cl)c2)c1. The maximum absolute atomic E-state index is 12.9. The van der Waals surface area contributed by atoms with Crippen LogP contribution in [0.1, 0.15) is 39.1 Å². The maximum atomic E-state index is 12.9. The summed E-state index contributed by atoms with van der Waals surface area (Å²) in [6.07, 6.45) is 1.26. The minimum Gasteiger partial charge on any atom is -0.465 e. The number of hydrogen-bond donors (Lipinski definition) is 1. The fourth-order valence-corrected chi connectivity index (χ4v) is 3.59. The van der Waals surface area contributed by atoms with Gasteiger partial charge in [0, 0.05) is 17.8 Å². The molecule has 0 radical (unpaired) electrons. The van der Waals surface area contributed by atoms with Crippen molar-refractivity contribution < 1.29 is 19.1 Å². The van der Waals surface area contributed by atoms with Crippen molar-refractivity contribution in [3.63, 3.8) is 0 Å². The van der Waals surface area contributed by atoms with Crippen molar-refractivity contribution in [2.45, 2.75) is 25.8 Å². The zero-order valence-corrected chi connectivity index (χ0v) is 17.5. The number of halogens is 2. The van der Waals surface area contributed by atoms with Crippen LogP contribution in [0.2, 0.25) is 10.0 Å². The van der Waals surface area contributed by atoms with Gasteiger partial charge < -0.3 is 15.0 Å². The van der Waals surface area contributed by atoms with Gasteiger partial charge in [0.25, 0.3) is 5.91 Å². The number of rotatable bonds is 4. The minimum absolute atomic E-state index is 0.277. The highest BCUT2D eigenvalue weighted by atomic mass is 35.5. The second-order valence-corrected chi connectivity index (χ2v) is 7.61. The molecular weight excluding hydrogens is 415 g/mol. The van der Waals surface area contributed by atoms with E-state index in [1.165, 1.54) is 18.1 Å². The van der Waals surface area contributed by atoms with E-state index in [-0.39, 0.29) is 16.8 Å². The summed E-state index contributed by atoms with van der Waals surface area (Å²) in [6, 6.07) is 8.97. The number of anilines is 1. The highest BCUT2D eigenvalue weighted by Crippen LogP contribution is 2.27. The van der Waals surface area contributed by atoms with Crippen LogP contribution < -0.4 is 5.32 Å². The number of carbonyl (C=O) groups excluding carboxylic acids is 3. The maximum Gasteiger partial charge on any atom is 0.337 e. The van der Waals surface area contributed by atoms with Gasteiger partial charge in [-0.1, -0.05) is 29.3 Å². The minimum atomic E-state index is -0.613. The summed E-state index contributed by atoms with van der Waals surface area (Å²) in [4.78, 5) is 39.1. The van der Waals surface area contributed by atoms with E-state index in [0.717, 1.165) is 5.56 Å². The molecule has 6 nitrogen and oxygen atoms in total. The molecule has 0 aromatic heterocycles. The first-order valence-corrected chi connectivity index (χ1v) is 9.83. The first-order chi connectivity index (χ1) is 13.8. The molecule has 1 unspecified atom stereocenters. The number of hydrogen-bond acceptors (Lipinski definition) is 4. The summed E-state index contributed by atoms with van der Waals surface area (Å²) in [5, 5.41) is 3.49. The van der Waals surface area contributed by atoms with Crippen LogP contribution in [0.15, 0.2) is 36.4 Å². The summed E-state index contributed by atoms with van der Waals surface area (Å²) in [5.74, 6) is -1.07. The molecular formula is C21H20Cl2N2O4. The molecule has 0 bridgehead atoms. The van der Waals surface area contributed by atoms with E-state index in [1.54, 1.807) is 30.3 Å². The fourth-order valence-electron chi connectivity index (χ4n) is 3.29. The average Bonchev–Trinajstić information content (AvgIpc) is 3.20. The lowest BCUT2D eigenvalue weighted by molar-refractivity contribution is -0.119. The average molecular weight is 435 g/mol. The third kappa shape index (κ3) is 4.54. The van der Waals surface area contributed by atoms with Crippen molar-refractivity contribution in [1.82, 2.24) is 4.90 Å². The largest absolute Gasteiger partial charge is 0.465 e. The van der Waals surface area contributed by atoms with Gasteiger partial charge in [-0.15, -0.1) is 0 Å². The van der Waals surface area contributed by atoms with Gasteiger partial charge in [0.1, 0.15) is 6.04 Å². The number of esters is 1. The Hall–Kier alpha value is -2.57. The summed E-state index contributed by atoms with van der Waals surface area (Å²) in [6.45, 7) is 2.29. The second-order valence-electron chi connectivity index (χ2n) is 6.80. The number of methoxy groups -OCH3 is 1. The van der Waals surface area contributed by atoms with Gasteiger partial charge in [0.2, 0.25) is 5.91 Å². The number of likely N-dealkylation sites (tertiary alicyclic amines) is 1. The summed E-state index contributed by atoms with van der Waals surface area (Å²) in [5.41, 5.74) is 2.02. The van der Waals surface area contributed by atoms with E-state index in [2.05, 4.69) is 5.32 Å². The summed E-state index contributed by atoms with van der Waals surface area (Å²) in [7, 11) is 1.30. The zero-order valence-electron chi connectivity index (χ0n) is 16.0. The van der Waals surface area contributed by atoms with Crippen LogP contribution in [0.5, 0.6) is 0 Å². The van der Waals surface area contributed by atoms with E-state index in [1.807, 2.05) is 6.92 Å². The standard InChI is InChI=1S/C21H20Cl2N2O4/c1-12-5-6-14(21(28)29-2)11-17(12)24-19(26)18-4-3-9-25(18)20(27)13-7-8-15(22)16(23)10-13/h5-8,10-11,18H,3-4,9H2,1-2H3,(H,24,26). The van der Waals surface area contributed by atoms with Crippen LogP contribution in [-0.4, -0.2) is 42.4 Å². The first-order valence-electron chi connectivity index (χ1n) is 9.07. The van der Waals surface area contributed by atoms with Gasteiger partial charge >= 0.3 is 5.97 Å². The van der Waals surface area contributed by atoms with E-state index in [4.69, 9.17) is 27.9 Å². The molecule has 8 heteroatoms. The number of aryl methyl sites for hydroxylation is 1. The van der Waals surface area contributed by atoms with Gasteiger partial charge in [0.05, 0.1) is 22.7 Å². The quantitative estimate of drug-likeness (QED) is 0.726. The Morgan fingerprint density at radius 3 is 2.48 bits per heavy atom. The molecule has 0 spiro atoms. The Kier molecular flexibility index (Phi) is 6.45. The molecule has 1 fully saturated rings. The highest BCUT2D eigenvalue weighted by molar-refractivity contribution is 6.42. The van der Waals surface area contributed by atoms with Crippen LogP contribution in [0.4, 0.5) is 5.69 Å². The molecule has 29 heavy (non-hydrogen) atoms. The normalized spacial score (nSPS) is 15.9. The lowest BCUT2D eigenvalue weighted by Gasteiger charge is -2.24.